The van der Waals surface area contributed by atoms with Gasteiger partial charge in [0.2, 0.25) is 0 Å². The molecule has 16 heavy (non-hydrogen) atoms. The highest BCUT2D eigenvalue weighted by molar-refractivity contribution is 5.84. The summed E-state index contributed by atoms with van der Waals surface area (Å²) in [5.41, 5.74) is 1.68. The smallest absolute Gasteiger partial charge is 0.307 e. The standard InChI is InChI=1S/C12H11NO3/c1-2-8-3-9(5-12(15)16)11(7-14)10(4-8)6-13/h3-4,7H,2,5H2,1H3,(H,15,16). The van der Waals surface area contributed by atoms with Crippen molar-refractivity contribution in [3.63, 3.8) is 0 Å². The maximum Gasteiger partial charge on any atom is 0.307 e. The quantitative estimate of drug-likeness (QED) is 0.776. The van der Waals surface area contributed by atoms with Crippen molar-refractivity contribution in [1.82, 2.24) is 0 Å². The Balaban J connectivity index is 3.37. The highest BCUT2D eigenvalue weighted by atomic mass is 16.4. The summed E-state index contributed by atoms with van der Waals surface area (Å²) in [4.78, 5) is 21.5. The number of aliphatic carboxylic acids is 1. The summed E-state index contributed by atoms with van der Waals surface area (Å²) in [5, 5.41) is 17.6. The largest absolute Gasteiger partial charge is 0.481 e. The molecule has 0 saturated carbocycles. The van der Waals surface area contributed by atoms with Crippen LogP contribution in [0.25, 0.3) is 0 Å². The number of hydrogen-bond donors (Lipinski definition) is 1. The molecule has 0 aliphatic carbocycles. The maximum absolute atomic E-state index is 10.8. The number of nitriles is 1. The number of aldehydes is 1. The van der Waals surface area contributed by atoms with E-state index in [-0.39, 0.29) is 17.5 Å². The van der Waals surface area contributed by atoms with Crippen LogP contribution < -0.4 is 0 Å². The van der Waals surface area contributed by atoms with Crippen molar-refractivity contribution in [2.75, 3.05) is 0 Å². The van der Waals surface area contributed by atoms with Crippen molar-refractivity contribution in [3.8, 4) is 6.07 Å². The summed E-state index contributed by atoms with van der Waals surface area (Å²) in [6.45, 7) is 1.90. The fourth-order valence-electron chi connectivity index (χ4n) is 1.52. The Hall–Kier alpha value is -2.15. The SMILES string of the molecule is CCc1cc(C#N)c(C=O)c(CC(=O)O)c1. The molecule has 0 bridgehead atoms. The van der Waals surface area contributed by atoms with E-state index in [1.807, 2.05) is 13.0 Å². The summed E-state index contributed by atoms with van der Waals surface area (Å²) in [6.07, 6.45) is 0.993. The maximum atomic E-state index is 10.8. The Bertz CT molecular complexity index is 472. The summed E-state index contributed by atoms with van der Waals surface area (Å²) in [5.74, 6) is -1.01. The summed E-state index contributed by atoms with van der Waals surface area (Å²) in [7, 11) is 0. The molecule has 0 spiro atoms. The molecule has 82 valence electrons. The van der Waals surface area contributed by atoms with Gasteiger partial charge >= 0.3 is 5.97 Å². The van der Waals surface area contributed by atoms with Gasteiger partial charge in [0.05, 0.1) is 18.1 Å². The Morgan fingerprint density at radius 3 is 2.69 bits per heavy atom. The van der Waals surface area contributed by atoms with Crippen LogP contribution in [-0.4, -0.2) is 17.4 Å². The second kappa shape index (κ2) is 5.08. The average Bonchev–Trinajstić information content (AvgIpc) is 2.27. The van der Waals surface area contributed by atoms with Gasteiger partial charge in [-0.2, -0.15) is 5.26 Å². The van der Waals surface area contributed by atoms with Crippen LogP contribution in [0.15, 0.2) is 12.1 Å². The molecular weight excluding hydrogens is 206 g/mol. The number of rotatable bonds is 4. The molecule has 0 aromatic heterocycles. The van der Waals surface area contributed by atoms with Gasteiger partial charge in [-0.25, -0.2) is 0 Å². The third kappa shape index (κ3) is 2.45. The summed E-state index contributed by atoms with van der Waals surface area (Å²) in [6, 6.07) is 5.20. The van der Waals surface area contributed by atoms with Crippen LogP contribution >= 0.6 is 0 Å². The van der Waals surface area contributed by atoms with Crippen LogP contribution in [-0.2, 0) is 17.6 Å². The van der Waals surface area contributed by atoms with Crippen LogP contribution in [0.4, 0.5) is 0 Å². The summed E-state index contributed by atoms with van der Waals surface area (Å²) < 4.78 is 0. The molecule has 0 heterocycles. The lowest BCUT2D eigenvalue weighted by atomic mass is 9.96. The van der Waals surface area contributed by atoms with Crippen molar-refractivity contribution in [2.24, 2.45) is 0 Å². The van der Waals surface area contributed by atoms with E-state index in [1.54, 1.807) is 12.1 Å². The molecule has 0 unspecified atom stereocenters. The van der Waals surface area contributed by atoms with Crippen LogP contribution in [0.5, 0.6) is 0 Å². The molecule has 0 fully saturated rings. The highest BCUT2D eigenvalue weighted by Gasteiger charge is 2.12. The van der Waals surface area contributed by atoms with E-state index in [9.17, 15) is 9.59 Å². The number of aryl methyl sites for hydroxylation is 1. The van der Waals surface area contributed by atoms with Gasteiger partial charge in [0.1, 0.15) is 0 Å². The predicted molar refractivity (Wildman–Crippen MR) is 57.3 cm³/mol. The van der Waals surface area contributed by atoms with Crippen LogP contribution in [0.2, 0.25) is 0 Å². The minimum atomic E-state index is -1.01. The zero-order valence-electron chi connectivity index (χ0n) is 8.86. The Morgan fingerprint density at radius 1 is 1.56 bits per heavy atom. The van der Waals surface area contributed by atoms with Gasteiger partial charge in [0, 0.05) is 5.56 Å². The van der Waals surface area contributed by atoms with Crippen molar-refractivity contribution < 1.29 is 14.7 Å². The van der Waals surface area contributed by atoms with E-state index in [0.29, 0.717) is 18.3 Å². The van der Waals surface area contributed by atoms with Crippen LogP contribution in [0.1, 0.15) is 34.0 Å². The molecule has 0 aliphatic heterocycles. The Morgan fingerprint density at radius 2 is 2.25 bits per heavy atom. The number of benzene rings is 1. The lowest BCUT2D eigenvalue weighted by molar-refractivity contribution is -0.136. The molecule has 0 aliphatic rings. The first kappa shape index (κ1) is 11.9. The highest BCUT2D eigenvalue weighted by Crippen LogP contribution is 2.17. The van der Waals surface area contributed by atoms with Crippen LogP contribution in [0, 0.1) is 11.3 Å². The minimum absolute atomic E-state index is 0.183. The van der Waals surface area contributed by atoms with E-state index in [0.717, 1.165) is 5.56 Å². The molecule has 4 nitrogen and oxygen atoms in total. The lowest BCUT2D eigenvalue weighted by Crippen LogP contribution is -2.06. The van der Waals surface area contributed by atoms with Crippen molar-refractivity contribution in [3.05, 3.63) is 34.4 Å². The summed E-state index contributed by atoms with van der Waals surface area (Å²) >= 11 is 0. The average molecular weight is 217 g/mol. The molecule has 0 saturated heterocycles. The molecule has 1 N–H and O–H groups in total. The zero-order valence-corrected chi connectivity index (χ0v) is 8.86. The van der Waals surface area contributed by atoms with E-state index < -0.39 is 5.97 Å². The van der Waals surface area contributed by atoms with Gasteiger partial charge in [0.15, 0.2) is 6.29 Å². The molecule has 0 amide bonds. The third-order valence-corrected chi connectivity index (χ3v) is 2.31. The fourth-order valence-corrected chi connectivity index (χ4v) is 1.52. The van der Waals surface area contributed by atoms with E-state index in [1.165, 1.54) is 0 Å². The van der Waals surface area contributed by atoms with Crippen molar-refractivity contribution in [1.29, 1.82) is 5.26 Å². The normalized spacial score (nSPS) is 9.50. The second-order valence-corrected chi connectivity index (χ2v) is 3.37. The van der Waals surface area contributed by atoms with Gasteiger partial charge < -0.3 is 5.11 Å². The molecule has 1 aromatic carbocycles. The van der Waals surface area contributed by atoms with E-state index in [2.05, 4.69) is 0 Å². The topological polar surface area (TPSA) is 78.2 Å². The van der Waals surface area contributed by atoms with E-state index in [4.69, 9.17) is 10.4 Å². The third-order valence-electron chi connectivity index (χ3n) is 2.31. The monoisotopic (exact) mass is 217 g/mol. The number of hydrogen-bond acceptors (Lipinski definition) is 3. The number of carbonyl (C=O) groups is 2. The first-order valence-electron chi connectivity index (χ1n) is 4.85. The number of carbonyl (C=O) groups excluding carboxylic acids is 1. The van der Waals surface area contributed by atoms with Gasteiger partial charge in [0.25, 0.3) is 0 Å². The van der Waals surface area contributed by atoms with Crippen molar-refractivity contribution in [2.45, 2.75) is 19.8 Å². The second-order valence-electron chi connectivity index (χ2n) is 3.37. The van der Waals surface area contributed by atoms with Crippen LogP contribution in [0.3, 0.4) is 0 Å². The molecule has 0 radical (unpaired) electrons. The van der Waals surface area contributed by atoms with Gasteiger partial charge in [-0.05, 0) is 23.6 Å². The minimum Gasteiger partial charge on any atom is -0.481 e. The molecule has 1 rings (SSSR count). The first-order valence-corrected chi connectivity index (χ1v) is 4.85. The number of nitrogens with zero attached hydrogens (tertiary/aromatic N) is 1. The predicted octanol–water partition coefficient (Wildman–Crippen LogP) is 1.56. The fraction of sp³-hybridized carbons (Fsp3) is 0.250. The van der Waals surface area contributed by atoms with Crippen molar-refractivity contribution >= 4 is 12.3 Å². The first-order chi connectivity index (χ1) is 7.62. The van der Waals surface area contributed by atoms with Gasteiger partial charge in [-0.3, -0.25) is 9.59 Å². The molecule has 4 heteroatoms. The molecule has 0 atom stereocenters. The van der Waals surface area contributed by atoms with E-state index >= 15 is 0 Å². The Labute approximate surface area is 93.1 Å². The lowest BCUT2D eigenvalue weighted by Gasteiger charge is -2.07. The van der Waals surface area contributed by atoms with Gasteiger partial charge in [-0.1, -0.05) is 13.0 Å². The Kier molecular flexibility index (Phi) is 3.78. The molecular formula is C12H11NO3. The number of carboxylic acids is 1. The molecule has 1 aromatic rings. The van der Waals surface area contributed by atoms with Gasteiger partial charge in [-0.15, -0.1) is 0 Å². The zero-order chi connectivity index (χ0) is 12.1. The number of carboxylic acid groups (broad SMARTS) is 1.